The van der Waals surface area contributed by atoms with Crippen molar-refractivity contribution < 1.29 is 9.53 Å². The van der Waals surface area contributed by atoms with Crippen LogP contribution in [0.2, 0.25) is 0 Å². The van der Waals surface area contributed by atoms with E-state index in [2.05, 4.69) is 10.1 Å². The van der Waals surface area contributed by atoms with Gasteiger partial charge in [-0.1, -0.05) is 18.2 Å². The lowest BCUT2D eigenvalue weighted by atomic mass is 10.1. The van der Waals surface area contributed by atoms with Gasteiger partial charge in [-0.15, -0.1) is 0 Å². The highest BCUT2D eigenvalue weighted by molar-refractivity contribution is 8.13. The van der Waals surface area contributed by atoms with Gasteiger partial charge >= 0.3 is 5.97 Å². The second-order valence-electron chi connectivity index (χ2n) is 4.83. The van der Waals surface area contributed by atoms with Crippen molar-refractivity contribution in [1.82, 2.24) is 5.32 Å². The SMILES string of the molecule is COC(=O)CC(C)NC1=NC2CCCC2CS1. The van der Waals surface area contributed by atoms with Gasteiger partial charge in [0.2, 0.25) is 0 Å². The van der Waals surface area contributed by atoms with Crippen LogP contribution in [0.4, 0.5) is 0 Å². The van der Waals surface area contributed by atoms with Crippen molar-refractivity contribution >= 4 is 22.9 Å². The summed E-state index contributed by atoms with van der Waals surface area (Å²) in [7, 11) is 1.42. The van der Waals surface area contributed by atoms with Crippen LogP contribution >= 0.6 is 11.8 Å². The lowest BCUT2D eigenvalue weighted by Crippen LogP contribution is -2.36. The lowest BCUT2D eigenvalue weighted by molar-refractivity contribution is -0.141. The molecule has 0 amide bonds. The van der Waals surface area contributed by atoms with Crippen LogP contribution in [-0.2, 0) is 9.53 Å². The summed E-state index contributed by atoms with van der Waals surface area (Å²) in [5, 5.41) is 4.31. The topological polar surface area (TPSA) is 50.7 Å². The van der Waals surface area contributed by atoms with Crippen LogP contribution in [0.1, 0.15) is 32.6 Å². The first-order chi connectivity index (χ1) is 8.19. The van der Waals surface area contributed by atoms with E-state index in [4.69, 9.17) is 4.99 Å². The van der Waals surface area contributed by atoms with Crippen LogP contribution in [0.25, 0.3) is 0 Å². The van der Waals surface area contributed by atoms with E-state index < -0.39 is 0 Å². The van der Waals surface area contributed by atoms with E-state index in [-0.39, 0.29) is 12.0 Å². The van der Waals surface area contributed by atoms with Crippen molar-refractivity contribution in [1.29, 1.82) is 0 Å². The van der Waals surface area contributed by atoms with Gasteiger partial charge in [0.25, 0.3) is 0 Å². The van der Waals surface area contributed by atoms with Crippen LogP contribution in [0.15, 0.2) is 4.99 Å². The standard InChI is InChI=1S/C12H20N2O2S/c1-8(6-11(15)16-2)13-12-14-10-5-3-4-9(10)7-17-12/h8-10H,3-7H2,1-2H3,(H,13,14). The molecule has 2 aliphatic rings. The first-order valence-corrected chi connectivity index (χ1v) is 7.21. The Bertz CT molecular complexity index is 320. The van der Waals surface area contributed by atoms with Gasteiger partial charge in [-0.05, 0) is 25.7 Å². The fourth-order valence-corrected chi connectivity index (χ4v) is 3.68. The molecule has 0 aromatic carbocycles. The molecular formula is C12H20N2O2S. The van der Waals surface area contributed by atoms with Crippen molar-refractivity contribution in [2.75, 3.05) is 12.9 Å². The van der Waals surface area contributed by atoms with E-state index in [1.165, 1.54) is 32.1 Å². The minimum Gasteiger partial charge on any atom is -0.469 e. The first-order valence-electron chi connectivity index (χ1n) is 6.23. The average molecular weight is 256 g/mol. The fraction of sp³-hybridized carbons (Fsp3) is 0.833. The van der Waals surface area contributed by atoms with Gasteiger partial charge < -0.3 is 10.1 Å². The third-order valence-electron chi connectivity index (χ3n) is 3.41. The summed E-state index contributed by atoms with van der Waals surface area (Å²) in [5.41, 5.74) is 0. The lowest BCUT2D eigenvalue weighted by Gasteiger charge is -2.25. The smallest absolute Gasteiger partial charge is 0.307 e. The molecule has 1 heterocycles. The van der Waals surface area contributed by atoms with Crippen LogP contribution in [0.5, 0.6) is 0 Å². The summed E-state index contributed by atoms with van der Waals surface area (Å²) in [4.78, 5) is 15.9. The third kappa shape index (κ3) is 3.37. The molecule has 0 aromatic rings. The molecule has 1 saturated carbocycles. The van der Waals surface area contributed by atoms with Gasteiger partial charge in [0.15, 0.2) is 5.17 Å². The third-order valence-corrected chi connectivity index (χ3v) is 4.50. The Labute approximate surface area is 107 Å². The van der Waals surface area contributed by atoms with Crippen molar-refractivity contribution in [3.05, 3.63) is 0 Å². The van der Waals surface area contributed by atoms with E-state index in [1.54, 1.807) is 11.8 Å². The normalized spacial score (nSPS) is 29.2. The highest BCUT2D eigenvalue weighted by Crippen LogP contribution is 2.35. The summed E-state index contributed by atoms with van der Waals surface area (Å²) in [6.45, 7) is 1.99. The quantitative estimate of drug-likeness (QED) is 0.782. The van der Waals surface area contributed by atoms with Crippen molar-refractivity contribution in [2.24, 2.45) is 10.9 Å². The maximum atomic E-state index is 11.1. The Morgan fingerprint density at radius 2 is 2.47 bits per heavy atom. The van der Waals surface area contributed by atoms with Gasteiger partial charge in [-0.25, -0.2) is 0 Å². The summed E-state index contributed by atoms with van der Waals surface area (Å²) < 4.78 is 4.65. The van der Waals surface area contributed by atoms with Crippen molar-refractivity contribution in [3.63, 3.8) is 0 Å². The van der Waals surface area contributed by atoms with Crippen LogP contribution in [-0.4, -0.2) is 36.1 Å². The molecule has 2 rings (SSSR count). The van der Waals surface area contributed by atoms with E-state index in [1.807, 2.05) is 6.92 Å². The van der Waals surface area contributed by atoms with Crippen molar-refractivity contribution in [3.8, 4) is 0 Å². The summed E-state index contributed by atoms with van der Waals surface area (Å²) in [6, 6.07) is 0.607. The van der Waals surface area contributed by atoms with E-state index in [9.17, 15) is 4.79 Å². The van der Waals surface area contributed by atoms with Gasteiger partial charge in [-0.2, -0.15) is 0 Å². The molecule has 3 unspecified atom stereocenters. The summed E-state index contributed by atoms with van der Waals surface area (Å²) in [6.07, 6.45) is 4.25. The Morgan fingerprint density at radius 3 is 3.24 bits per heavy atom. The molecule has 0 bridgehead atoms. The van der Waals surface area contributed by atoms with Gasteiger partial charge in [0.1, 0.15) is 0 Å². The number of thioether (sulfide) groups is 1. The number of hydrogen-bond donors (Lipinski definition) is 1. The number of esters is 1. The molecule has 0 spiro atoms. The summed E-state index contributed by atoms with van der Waals surface area (Å²) >= 11 is 1.79. The van der Waals surface area contributed by atoms with Gasteiger partial charge in [0, 0.05) is 11.8 Å². The Kier molecular flexibility index (Phi) is 4.31. The molecule has 96 valence electrons. The number of nitrogens with zero attached hydrogens (tertiary/aromatic N) is 1. The number of rotatable bonds is 3. The first kappa shape index (κ1) is 12.7. The Hall–Kier alpha value is -0.710. The molecule has 1 fully saturated rings. The minimum absolute atomic E-state index is 0.0895. The minimum atomic E-state index is -0.176. The maximum absolute atomic E-state index is 11.1. The van der Waals surface area contributed by atoms with E-state index in [0.717, 1.165) is 11.1 Å². The average Bonchev–Trinajstić information content (AvgIpc) is 2.75. The molecule has 5 heteroatoms. The molecule has 4 nitrogen and oxygen atoms in total. The number of hydrogen-bond acceptors (Lipinski definition) is 5. The predicted octanol–water partition coefficient (Wildman–Crippen LogP) is 1.80. The molecule has 1 aliphatic carbocycles. The molecule has 1 aliphatic heterocycles. The number of methoxy groups -OCH3 is 1. The fourth-order valence-electron chi connectivity index (χ4n) is 2.43. The highest BCUT2D eigenvalue weighted by Gasteiger charge is 2.31. The predicted molar refractivity (Wildman–Crippen MR) is 70.3 cm³/mol. The second-order valence-corrected chi connectivity index (χ2v) is 5.84. The number of carbonyl (C=O) groups is 1. The number of fused-ring (bicyclic) bond motifs is 1. The summed E-state index contributed by atoms with van der Waals surface area (Å²) in [5.74, 6) is 1.77. The number of aliphatic imine (C=N–C) groups is 1. The zero-order valence-electron chi connectivity index (χ0n) is 10.4. The zero-order chi connectivity index (χ0) is 12.3. The molecular weight excluding hydrogens is 236 g/mol. The molecule has 3 atom stereocenters. The Morgan fingerprint density at radius 1 is 1.65 bits per heavy atom. The number of carbonyl (C=O) groups excluding carboxylic acids is 1. The number of nitrogens with one attached hydrogen (secondary N) is 1. The highest BCUT2D eigenvalue weighted by atomic mass is 32.2. The maximum Gasteiger partial charge on any atom is 0.307 e. The second kappa shape index (κ2) is 5.76. The molecule has 17 heavy (non-hydrogen) atoms. The van der Waals surface area contributed by atoms with E-state index in [0.29, 0.717) is 12.5 Å². The van der Waals surface area contributed by atoms with Crippen LogP contribution in [0.3, 0.4) is 0 Å². The Balaban J connectivity index is 1.84. The molecule has 0 saturated heterocycles. The molecule has 0 radical (unpaired) electrons. The molecule has 1 N–H and O–H groups in total. The van der Waals surface area contributed by atoms with Crippen LogP contribution < -0.4 is 5.32 Å². The number of amidine groups is 1. The zero-order valence-corrected chi connectivity index (χ0v) is 11.3. The number of ether oxygens (including phenoxy) is 1. The largest absolute Gasteiger partial charge is 0.469 e. The monoisotopic (exact) mass is 256 g/mol. The van der Waals surface area contributed by atoms with Gasteiger partial charge in [-0.3, -0.25) is 9.79 Å². The van der Waals surface area contributed by atoms with Gasteiger partial charge in [0.05, 0.1) is 19.6 Å². The van der Waals surface area contributed by atoms with Crippen molar-refractivity contribution in [2.45, 2.75) is 44.7 Å². The molecule has 0 aromatic heterocycles. The van der Waals surface area contributed by atoms with Crippen LogP contribution in [0, 0.1) is 5.92 Å². The van der Waals surface area contributed by atoms with E-state index >= 15 is 0 Å².